The van der Waals surface area contributed by atoms with Gasteiger partial charge in [-0.3, -0.25) is 4.79 Å². The zero-order valence-electron chi connectivity index (χ0n) is 14.9. The molecule has 4 nitrogen and oxygen atoms in total. The molecule has 6 heteroatoms. The van der Waals surface area contributed by atoms with E-state index in [9.17, 15) is 9.00 Å². The minimum absolute atomic E-state index is 0.0943. The first-order valence-corrected chi connectivity index (χ1v) is 9.87. The number of aromatic nitrogens is 1. The number of hydrogen-bond acceptors (Lipinski definition) is 3. The smallest absolute Gasteiger partial charge is 0.325 e. The Morgan fingerprint density at radius 2 is 1.85 bits per heavy atom. The number of benzene rings is 2. The third kappa shape index (κ3) is 3.55. The van der Waals surface area contributed by atoms with Gasteiger partial charge < -0.3 is 9.30 Å². The van der Waals surface area contributed by atoms with Crippen molar-refractivity contribution in [3.05, 3.63) is 58.7 Å². The van der Waals surface area contributed by atoms with Crippen LogP contribution in [0.15, 0.2) is 52.3 Å². The van der Waals surface area contributed by atoms with Gasteiger partial charge in [-0.1, -0.05) is 23.2 Å². The van der Waals surface area contributed by atoms with Crippen LogP contribution in [0.3, 0.4) is 0 Å². The summed E-state index contributed by atoms with van der Waals surface area (Å²) in [6, 6.07) is 12.9. The van der Waals surface area contributed by atoms with E-state index in [1.165, 1.54) is 0 Å². The third-order valence-electron chi connectivity index (χ3n) is 4.23. The van der Waals surface area contributed by atoms with E-state index in [1.54, 1.807) is 31.2 Å². The second-order valence-electron chi connectivity index (χ2n) is 6.05. The van der Waals surface area contributed by atoms with Crippen LogP contribution in [0.4, 0.5) is 0 Å². The van der Waals surface area contributed by atoms with Crippen LogP contribution in [-0.4, -0.2) is 21.4 Å². The highest BCUT2D eigenvalue weighted by molar-refractivity contribution is 7.85. The van der Waals surface area contributed by atoms with Gasteiger partial charge in [0.1, 0.15) is 6.54 Å². The van der Waals surface area contributed by atoms with Crippen LogP contribution >= 0.6 is 11.6 Å². The van der Waals surface area contributed by atoms with E-state index in [0.29, 0.717) is 16.5 Å². The summed E-state index contributed by atoms with van der Waals surface area (Å²) < 4.78 is 20.2. The number of esters is 1. The molecule has 1 heterocycles. The first kappa shape index (κ1) is 18.7. The molecule has 3 aromatic rings. The predicted molar refractivity (Wildman–Crippen MR) is 104 cm³/mol. The summed E-state index contributed by atoms with van der Waals surface area (Å²) >= 11 is 5.95. The number of carbonyl (C=O) groups excluding carboxylic acids is 1. The van der Waals surface area contributed by atoms with Gasteiger partial charge in [-0.25, -0.2) is 4.21 Å². The lowest BCUT2D eigenvalue weighted by Gasteiger charge is -2.08. The van der Waals surface area contributed by atoms with Crippen LogP contribution < -0.4 is 0 Å². The molecule has 1 unspecified atom stereocenters. The summed E-state index contributed by atoms with van der Waals surface area (Å²) in [6.07, 6.45) is 0. The number of rotatable bonds is 5. The molecular weight excluding hydrogens is 370 g/mol. The van der Waals surface area contributed by atoms with Crippen LogP contribution in [0.5, 0.6) is 0 Å². The van der Waals surface area contributed by atoms with E-state index < -0.39 is 10.8 Å². The zero-order valence-corrected chi connectivity index (χ0v) is 16.5. The van der Waals surface area contributed by atoms with Gasteiger partial charge in [0, 0.05) is 21.0 Å². The van der Waals surface area contributed by atoms with E-state index in [-0.39, 0.29) is 12.5 Å². The minimum atomic E-state index is -1.38. The molecule has 2 aromatic carbocycles. The summed E-state index contributed by atoms with van der Waals surface area (Å²) in [7, 11) is -1.38. The van der Waals surface area contributed by atoms with E-state index in [1.807, 2.05) is 36.6 Å². The molecule has 1 atom stereocenters. The molecule has 0 saturated heterocycles. The molecule has 0 aliphatic rings. The summed E-state index contributed by atoms with van der Waals surface area (Å²) in [6.45, 7) is 6.09. The number of ether oxygens (including phenoxy) is 1. The lowest BCUT2D eigenvalue weighted by Crippen LogP contribution is -2.14. The van der Waals surface area contributed by atoms with E-state index in [2.05, 4.69) is 0 Å². The van der Waals surface area contributed by atoms with E-state index >= 15 is 0 Å². The average molecular weight is 390 g/mol. The van der Waals surface area contributed by atoms with Crippen molar-refractivity contribution in [2.24, 2.45) is 0 Å². The molecule has 0 aliphatic heterocycles. The van der Waals surface area contributed by atoms with Crippen LogP contribution in [0.2, 0.25) is 5.02 Å². The number of carbonyl (C=O) groups is 1. The molecule has 3 rings (SSSR count). The highest BCUT2D eigenvalue weighted by Crippen LogP contribution is 2.32. The fourth-order valence-corrected chi connectivity index (χ4v) is 4.50. The molecule has 0 radical (unpaired) electrons. The minimum Gasteiger partial charge on any atom is -0.465 e. The van der Waals surface area contributed by atoms with Gasteiger partial charge in [-0.15, -0.1) is 0 Å². The topological polar surface area (TPSA) is 48.3 Å². The van der Waals surface area contributed by atoms with Crippen molar-refractivity contribution in [3.63, 3.8) is 0 Å². The molecular formula is C20H20ClNO3S. The molecule has 0 amide bonds. The van der Waals surface area contributed by atoms with Crippen molar-refractivity contribution < 1.29 is 13.7 Å². The molecule has 0 saturated carbocycles. The summed E-state index contributed by atoms with van der Waals surface area (Å²) in [5.74, 6) is -0.308. The lowest BCUT2D eigenvalue weighted by molar-refractivity contribution is -0.143. The molecule has 0 N–H and O–H groups in total. The Morgan fingerprint density at radius 3 is 2.50 bits per heavy atom. The van der Waals surface area contributed by atoms with Crippen molar-refractivity contribution in [2.75, 3.05) is 6.61 Å². The second kappa shape index (κ2) is 7.64. The first-order valence-electron chi connectivity index (χ1n) is 8.34. The second-order valence-corrected chi connectivity index (χ2v) is 7.90. The van der Waals surface area contributed by atoms with Crippen molar-refractivity contribution in [3.8, 4) is 0 Å². The Balaban J connectivity index is 2.16. The monoisotopic (exact) mass is 389 g/mol. The van der Waals surface area contributed by atoms with Gasteiger partial charge >= 0.3 is 5.97 Å². The number of hydrogen-bond donors (Lipinski definition) is 0. The lowest BCUT2D eigenvalue weighted by atomic mass is 10.2. The summed E-state index contributed by atoms with van der Waals surface area (Å²) in [5.41, 5.74) is 2.74. The van der Waals surface area contributed by atoms with Gasteiger partial charge in [0.25, 0.3) is 0 Å². The maximum Gasteiger partial charge on any atom is 0.325 e. The van der Waals surface area contributed by atoms with Crippen LogP contribution in [0.1, 0.15) is 18.2 Å². The Bertz CT molecular complexity index is 992. The number of halogens is 1. The Labute approximate surface area is 160 Å². The maximum absolute atomic E-state index is 13.3. The quantitative estimate of drug-likeness (QED) is 0.597. The Kier molecular flexibility index (Phi) is 5.49. The van der Waals surface area contributed by atoms with Gasteiger partial charge in [0.15, 0.2) is 0 Å². The van der Waals surface area contributed by atoms with Gasteiger partial charge in [-0.05, 0) is 57.2 Å². The zero-order chi connectivity index (χ0) is 18.8. The van der Waals surface area contributed by atoms with Crippen LogP contribution in [0.25, 0.3) is 10.9 Å². The first-order chi connectivity index (χ1) is 12.4. The molecule has 26 heavy (non-hydrogen) atoms. The number of aryl methyl sites for hydroxylation is 1. The molecule has 136 valence electrons. The molecule has 0 bridgehead atoms. The van der Waals surface area contributed by atoms with Gasteiger partial charge in [0.05, 0.1) is 27.8 Å². The highest BCUT2D eigenvalue weighted by Gasteiger charge is 2.21. The van der Waals surface area contributed by atoms with E-state index in [0.717, 1.165) is 27.1 Å². The third-order valence-corrected chi connectivity index (χ3v) is 6.07. The van der Waals surface area contributed by atoms with Crippen molar-refractivity contribution in [1.29, 1.82) is 0 Å². The Hall–Kier alpha value is -2.11. The SMILES string of the molecule is CCOC(=O)Cn1c(C)c(S(=O)c2ccc(Cl)cc2)c2cc(C)ccc21. The van der Waals surface area contributed by atoms with Gasteiger partial charge in [0.2, 0.25) is 0 Å². The van der Waals surface area contributed by atoms with Crippen LogP contribution in [0, 0.1) is 13.8 Å². The highest BCUT2D eigenvalue weighted by atomic mass is 35.5. The van der Waals surface area contributed by atoms with E-state index in [4.69, 9.17) is 16.3 Å². The number of nitrogens with zero attached hydrogens (tertiary/aromatic N) is 1. The fourth-order valence-electron chi connectivity index (χ4n) is 3.01. The van der Waals surface area contributed by atoms with Crippen molar-refractivity contribution in [1.82, 2.24) is 4.57 Å². The molecule has 0 fully saturated rings. The standard InChI is InChI=1S/C20H20ClNO3S/c1-4-25-19(23)12-22-14(3)20(17-11-13(2)5-10-18(17)22)26(24)16-8-6-15(21)7-9-16/h5-11H,4,12H2,1-3H3. The fraction of sp³-hybridized carbons (Fsp3) is 0.250. The predicted octanol–water partition coefficient (Wildman–Crippen LogP) is 4.64. The molecule has 0 aliphatic carbocycles. The van der Waals surface area contributed by atoms with Crippen molar-refractivity contribution in [2.45, 2.75) is 37.1 Å². The Morgan fingerprint density at radius 1 is 1.15 bits per heavy atom. The summed E-state index contributed by atoms with van der Waals surface area (Å²) in [4.78, 5) is 13.4. The van der Waals surface area contributed by atoms with Crippen molar-refractivity contribution >= 4 is 39.3 Å². The molecule has 0 spiro atoms. The molecule has 1 aromatic heterocycles. The largest absolute Gasteiger partial charge is 0.465 e. The van der Waals surface area contributed by atoms with Crippen LogP contribution in [-0.2, 0) is 26.9 Å². The van der Waals surface area contributed by atoms with Gasteiger partial charge in [-0.2, -0.15) is 0 Å². The summed E-state index contributed by atoms with van der Waals surface area (Å²) in [5, 5.41) is 1.49. The average Bonchev–Trinajstić information content (AvgIpc) is 2.86. The number of fused-ring (bicyclic) bond motifs is 1. The maximum atomic E-state index is 13.3. The normalized spacial score (nSPS) is 12.3.